The van der Waals surface area contributed by atoms with Gasteiger partial charge >= 0.3 is 0 Å². The van der Waals surface area contributed by atoms with E-state index in [1.54, 1.807) is 0 Å². The van der Waals surface area contributed by atoms with Gasteiger partial charge in [-0.3, -0.25) is 4.90 Å². The molecule has 0 spiro atoms. The Labute approximate surface area is 134 Å². The Bertz CT molecular complexity index is 653. The first kappa shape index (κ1) is 14.4. The van der Waals surface area contributed by atoms with Crippen LogP contribution in [0.3, 0.4) is 0 Å². The van der Waals surface area contributed by atoms with Gasteiger partial charge in [0, 0.05) is 22.8 Å². The topological polar surface area (TPSA) is 51.4 Å². The number of hydrogen-bond acceptors (Lipinski definition) is 6. The normalized spacial score (nSPS) is 28.9. The molecule has 0 radical (unpaired) electrons. The molecule has 2 aliphatic rings. The minimum atomic E-state index is -0.0138. The molecule has 0 aliphatic carbocycles. The van der Waals surface area contributed by atoms with Crippen molar-refractivity contribution in [2.24, 2.45) is 5.92 Å². The molecule has 2 aliphatic heterocycles. The number of ether oxygens (including phenoxy) is 1. The molecule has 2 aromatic rings. The summed E-state index contributed by atoms with van der Waals surface area (Å²) in [5.41, 5.74) is 0. The van der Waals surface area contributed by atoms with Crippen LogP contribution in [-0.4, -0.2) is 34.2 Å². The first-order chi connectivity index (χ1) is 10.7. The minimum absolute atomic E-state index is 0.0138. The molecule has 22 heavy (non-hydrogen) atoms. The van der Waals surface area contributed by atoms with Crippen LogP contribution >= 0.6 is 11.3 Å². The average molecular weight is 319 g/mol. The van der Waals surface area contributed by atoms with Gasteiger partial charge in [-0.05, 0) is 51.3 Å². The van der Waals surface area contributed by atoms with Gasteiger partial charge in [-0.1, -0.05) is 5.16 Å². The number of aromatic nitrogens is 2. The van der Waals surface area contributed by atoms with E-state index >= 15 is 0 Å². The molecule has 0 amide bonds. The summed E-state index contributed by atoms with van der Waals surface area (Å²) in [7, 11) is 0. The number of nitrogens with zero attached hydrogens (tertiary/aromatic N) is 3. The maximum absolute atomic E-state index is 6.20. The highest BCUT2D eigenvalue weighted by atomic mass is 32.1. The van der Waals surface area contributed by atoms with Crippen LogP contribution in [-0.2, 0) is 11.3 Å². The zero-order chi connectivity index (χ0) is 15.1. The van der Waals surface area contributed by atoms with Gasteiger partial charge in [-0.2, -0.15) is 4.98 Å². The van der Waals surface area contributed by atoms with Crippen molar-refractivity contribution in [2.45, 2.75) is 45.4 Å². The van der Waals surface area contributed by atoms with E-state index in [1.165, 1.54) is 16.2 Å². The lowest BCUT2D eigenvalue weighted by Crippen LogP contribution is -2.41. The molecule has 2 saturated heterocycles. The summed E-state index contributed by atoms with van der Waals surface area (Å²) in [6.45, 7) is 7.20. The summed E-state index contributed by atoms with van der Waals surface area (Å²) in [5.74, 6) is 1.95. The molecule has 3 atom stereocenters. The van der Waals surface area contributed by atoms with Crippen LogP contribution in [0.1, 0.15) is 40.4 Å². The third kappa shape index (κ3) is 2.83. The molecular formula is C16H21N3O2S. The Hall–Kier alpha value is -1.24. The summed E-state index contributed by atoms with van der Waals surface area (Å²) < 4.78 is 11.5. The Morgan fingerprint density at radius 2 is 2.27 bits per heavy atom. The lowest BCUT2D eigenvalue weighted by atomic mass is 9.92. The smallest absolute Gasteiger partial charge is 0.255 e. The second kappa shape index (κ2) is 5.76. The number of fused-ring (bicyclic) bond motifs is 1. The van der Waals surface area contributed by atoms with Crippen molar-refractivity contribution < 1.29 is 9.26 Å². The predicted octanol–water partition coefficient (Wildman–Crippen LogP) is 3.10. The molecule has 2 aromatic heterocycles. The number of piperidine rings is 1. The van der Waals surface area contributed by atoms with Crippen molar-refractivity contribution in [3.05, 3.63) is 33.6 Å². The van der Waals surface area contributed by atoms with Crippen LogP contribution in [0.2, 0.25) is 0 Å². The molecule has 0 unspecified atom stereocenters. The first-order valence-corrected chi connectivity index (χ1v) is 8.72. The van der Waals surface area contributed by atoms with Crippen LogP contribution in [0, 0.1) is 19.8 Å². The lowest BCUT2D eigenvalue weighted by molar-refractivity contribution is -0.0187. The number of aryl methyl sites for hydroxylation is 2. The van der Waals surface area contributed by atoms with Gasteiger partial charge in [0.1, 0.15) is 6.10 Å². The largest absolute Gasteiger partial charge is 0.364 e. The molecule has 4 heterocycles. The second-order valence-corrected chi connectivity index (χ2v) is 7.75. The average Bonchev–Trinajstić information content (AvgIpc) is 3.18. The van der Waals surface area contributed by atoms with Gasteiger partial charge in [-0.25, -0.2) is 0 Å². The van der Waals surface area contributed by atoms with E-state index in [4.69, 9.17) is 9.26 Å². The summed E-state index contributed by atoms with van der Waals surface area (Å²) in [6, 6.07) is 4.44. The van der Waals surface area contributed by atoms with Crippen molar-refractivity contribution in [1.29, 1.82) is 0 Å². The minimum Gasteiger partial charge on any atom is -0.364 e. The van der Waals surface area contributed by atoms with Crippen LogP contribution in [0.25, 0.3) is 0 Å². The van der Waals surface area contributed by atoms with E-state index in [0.29, 0.717) is 23.7 Å². The van der Waals surface area contributed by atoms with Gasteiger partial charge in [0.05, 0.1) is 6.10 Å². The van der Waals surface area contributed by atoms with E-state index < -0.39 is 0 Å². The quantitative estimate of drug-likeness (QED) is 0.870. The fourth-order valence-electron chi connectivity index (χ4n) is 3.53. The Kier molecular flexibility index (Phi) is 3.76. The summed E-state index contributed by atoms with van der Waals surface area (Å²) >= 11 is 1.89. The Morgan fingerprint density at radius 3 is 3.00 bits per heavy atom. The standard InChI is InChI=1S/C16H21N3O2S/c1-10-3-4-13(22-10)8-19-6-5-12-7-14(20-15(12)9-19)16-17-11(2)18-21-16/h3-4,12,14-15H,5-9H2,1-2H3/t12-,14+,15+/m1/s1. The van der Waals surface area contributed by atoms with E-state index in [9.17, 15) is 0 Å². The van der Waals surface area contributed by atoms with Crippen molar-refractivity contribution in [3.63, 3.8) is 0 Å². The Balaban J connectivity index is 1.39. The van der Waals surface area contributed by atoms with E-state index in [2.05, 4.69) is 34.1 Å². The zero-order valence-corrected chi connectivity index (χ0v) is 13.8. The third-order valence-electron chi connectivity index (χ3n) is 4.63. The van der Waals surface area contributed by atoms with Crippen molar-refractivity contribution in [1.82, 2.24) is 15.0 Å². The van der Waals surface area contributed by atoms with Gasteiger partial charge < -0.3 is 9.26 Å². The number of hydrogen-bond donors (Lipinski definition) is 0. The van der Waals surface area contributed by atoms with E-state index in [1.807, 2.05) is 18.3 Å². The van der Waals surface area contributed by atoms with Gasteiger partial charge in [0.15, 0.2) is 5.82 Å². The summed E-state index contributed by atoms with van der Waals surface area (Å²) in [6.07, 6.45) is 2.49. The molecule has 2 fully saturated rings. The number of thiophene rings is 1. The third-order valence-corrected chi connectivity index (χ3v) is 5.62. The van der Waals surface area contributed by atoms with Crippen molar-refractivity contribution in [2.75, 3.05) is 13.1 Å². The number of likely N-dealkylation sites (tertiary alicyclic amines) is 1. The number of rotatable bonds is 3. The molecule has 118 valence electrons. The monoisotopic (exact) mass is 319 g/mol. The van der Waals surface area contributed by atoms with E-state index in [0.717, 1.165) is 26.1 Å². The fourth-order valence-corrected chi connectivity index (χ4v) is 4.46. The molecule has 0 bridgehead atoms. The molecular weight excluding hydrogens is 298 g/mol. The van der Waals surface area contributed by atoms with E-state index in [-0.39, 0.29) is 6.10 Å². The van der Waals surface area contributed by atoms with Crippen LogP contribution in [0.5, 0.6) is 0 Å². The van der Waals surface area contributed by atoms with Gasteiger partial charge in [0.25, 0.3) is 5.89 Å². The second-order valence-electron chi connectivity index (χ2n) is 6.37. The molecule has 0 N–H and O–H groups in total. The first-order valence-electron chi connectivity index (χ1n) is 7.91. The highest BCUT2D eigenvalue weighted by Crippen LogP contribution is 2.40. The molecule has 0 saturated carbocycles. The molecule has 6 heteroatoms. The maximum Gasteiger partial charge on any atom is 0.255 e. The van der Waals surface area contributed by atoms with Crippen molar-refractivity contribution >= 4 is 11.3 Å². The van der Waals surface area contributed by atoms with Crippen LogP contribution in [0.4, 0.5) is 0 Å². The maximum atomic E-state index is 6.20. The molecule has 0 aromatic carbocycles. The Morgan fingerprint density at radius 1 is 1.36 bits per heavy atom. The van der Waals surface area contributed by atoms with Crippen LogP contribution < -0.4 is 0 Å². The summed E-state index contributed by atoms with van der Waals surface area (Å²) in [5, 5.41) is 3.88. The molecule has 5 nitrogen and oxygen atoms in total. The molecule has 4 rings (SSSR count). The predicted molar refractivity (Wildman–Crippen MR) is 83.7 cm³/mol. The van der Waals surface area contributed by atoms with Crippen molar-refractivity contribution in [3.8, 4) is 0 Å². The summed E-state index contributed by atoms with van der Waals surface area (Å²) in [4.78, 5) is 9.66. The SMILES string of the molecule is Cc1noc([C@@H]2C[C@H]3CCN(Cc4ccc(C)s4)C[C@@H]3O2)n1. The fraction of sp³-hybridized carbons (Fsp3) is 0.625. The highest BCUT2D eigenvalue weighted by Gasteiger charge is 2.41. The zero-order valence-electron chi connectivity index (χ0n) is 13.0. The van der Waals surface area contributed by atoms with Gasteiger partial charge in [-0.15, -0.1) is 11.3 Å². The lowest BCUT2D eigenvalue weighted by Gasteiger charge is -2.33. The highest BCUT2D eigenvalue weighted by molar-refractivity contribution is 7.11. The van der Waals surface area contributed by atoms with Gasteiger partial charge in [0.2, 0.25) is 0 Å². The van der Waals surface area contributed by atoms with Crippen LogP contribution in [0.15, 0.2) is 16.7 Å².